The van der Waals surface area contributed by atoms with E-state index in [2.05, 4.69) is 10.2 Å². The number of aliphatic hydroxyl groups excluding tert-OH is 1. The Balaban J connectivity index is 1.90. The molecular weight excluding hydrogens is 276 g/mol. The van der Waals surface area contributed by atoms with Crippen molar-refractivity contribution in [2.75, 3.05) is 38.6 Å². The number of ether oxygens (including phenoxy) is 1. The minimum absolute atomic E-state index is 0.381. The van der Waals surface area contributed by atoms with Crippen LogP contribution in [0.25, 0.3) is 0 Å². The molecule has 1 aliphatic heterocycles. The lowest BCUT2D eigenvalue weighted by Crippen LogP contribution is -2.34. The highest BCUT2D eigenvalue weighted by atomic mass is 35.5. The summed E-state index contributed by atoms with van der Waals surface area (Å²) in [5.74, 6) is 0.703. The number of rotatable bonds is 6. The summed E-state index contributed by atoms with van der Waals surface area (Å²) in [6, 6.07) is 3.75. The predicted octanol–water partition coefficient (Wildman–Crippen LogP) is 2.53. The lowest BCUT2D eigenvalue weighted by Gasteiger charge is -2.21. The maximum atomic E-state index is 10.1. The quantitative estimate of drug-likeness (QED) is 0.847. The Morgan fingerprint density at radius 1 is 1.40 bits per heavy atom. The standard InChI is InChI=1S/C15H23ClN2O2/c1-11-7-14(15(20-2)8-13(11)16)17-9-12(19)10-18-5-3-4-6-18/h7-8,12,17,19H,3-6,9-10H2,1-2H3. The minimum Gasteiger partial charge on any atom is -0.495 e. The molecule has 1 aromatic rings. The van der Waals surface area contributed by atoms with Crippen molar-refractivity contribution >= 4 is 17.3 Å². The predicted molar refractivity (Wildman–Crippen MR) is 82.9 cm³/mol. The van der Waals surface area contributed by atoms with Crippen LogP contribution < -0.4 is 10.1 Å². The number of β-amino-alcohol motifs (C(OH)–C–C–N with tert-alkyl or cyclic N) is 1. The average Bonchev–Trinajstić information content (AvgIpc) is 2.92. The molecule has 1 aromatic carbocycles. The van der Waals surface area contributed by atoms with Gasteiger partial charge in [-0.05, 0) is 44.5 Å². The highest BCUT2D eigenvalue weighted by Crippen LogP contribution is 2.30. The molecular formula is C15H23ClN2O2. The molecule has 1 fully saturated rings. The topological polar surface area (TPSA) is 44.7 Å². The average molecular weight is 299 g/mol. The summed E-state index contributed by atoms with van der Waals surface area (Å²) in [5.41, 5.74) is 1.86. The molecule has 1 aliphatic rings. The number of likely N-dealkylation sites (tertiary alicyclic amines) is 1. The van der Waals surface area contributed by atoms with E-state index in [1.165, 1.54) is 12.8 Å². The summed E-state index contributed by atoms with van der Waals surface area (Å²) in [6.45, 7) is 5.38. The van der Waals surface area contributed by atoms with Crippen molar-refractivity contribution in [1.82, 2.24) is 4.90 Å². The van der Waals surface area contributed by atoms with Crippen LogP contribution in [-0.4, -0.2) is 49.4 Å². The molecule has 0 aliphatic carbocycles. The molecule has 2 rings (SSSR count). The number of aryl methyl sites for hydroxylation is 1. The molecule has 1 unspecified atom stereocenters. The monoisotopic (exact) mass is 298 g/mol. The fourth-order valence-corrected chi connectivity index (χ4v) is 2.68. The van der Waals surface area contributed by atoms with Crippen molar-refractivity contribution in [3.05, 3.63) is 22.7 Å². The summed E-state index contributed by atoms with van der Waals surface area (Å²) < 4.78 is 5.31. The molecule has 5 heteroatoms. The molecule has 2 N–H and O–H groups in total. The smallest absolute Gasteiger partial charge is 0.143 e. The van der Waals surface area contributed by atoms with Crippen LogP contribution in [0.4, 0.5) is 5.69 Å². The molecule has 112 valence electrons. The second-order valence-corrected chi connectivity index (χ2v) is 5.75. The van der Waals surface area contributed by atoms with Gasteiger partial charge in [0.15, 0.2) is 0 Å². The van der Waals surface area contributed by atoms with Crippen LogP contribution in [0.15, 0.2) is 12.1 Å². The third kappa shape index (κ3) is 4.01. The fourth-order valence-electron chi connectivity index (χ4n) is 2.53. The normalized spacial score (nSPS) is 17.2. The van der Waals surface area contributed by atoms with Gasteiger partial charge in [0, 0.05) is 24.2 Å². The first kappa shape index (κ1) is 15.4. The van der Waals surface area contributed by atoms with E-state index in [1.54, 1.807) is 13.2 Å². The van der Waals surface area contributed by atoms with Gasteiger partial charge in [-0.2, -0.15) is 0 Å². The van der Waals surface area contributed by atoms with Gasteiger partial charge < -0.3 is 20.1 Å². The third-order valence-corrected chi connectivity index (χ3v) is 4.08. The number of benzene rings is 1. The molecule has 0 amide bonds. The van der Waals surface area contributed by atoms with Gasteiger partial charge in [0.25, 0.3) is 0 Å². The number of hydrogen-bond donors (Lipinski definition) is 2. The molecule has 1 atom stereocenters. The molecule has 0 radical (unpaired) electrons. The lowest BCUT2D eigenvalue weighted by atomic mass is 10.2. The second kappa shape index (κ2) is 7.16. The maximum absolute atomic E-state index is 10.1. The number of nitrogens with one attached hydrogen (secondary N) is 1. The first-order valence-electron chi connectivity index (χ1n) is 7.08. The van der Waals surface area contributed by atoms with Crippen LogP contribution in [0.5, 0.6) is 5.75 Å². The minimum atomic E-state index is -0.381. The van der Waals surface area contributed by atoms with Crippen LogP contribution in [0.1, 0.15) is 18.4 Å². The van der Waals surface area contributed by atoms with Crippen LogP contribution in [-0.2, 0) is 0 Å². The Morgan fingerprint density at radius 3 is 2.75 bits per heavy atom. The molecule has 0 aromatic heterocycles. The highest BCUT2D eigenvalue weighted by molar-refractivity contribution is 6.31. The Bertz CT molecular complexity index is 448. The number of aliphatic hydroxyl groups is 1. The summed E-state index contributed by atoms with van der Waals surface area (Å²) in [4.78, 5) is 2.30. The Kier molecular flexibility index (Phi) is 5.52. The Labute approximate surface area is 125 Å². The van der Waals surface area contributed by atoms with Gasteiger partial charge in [0.1, 0.15) is 5.75 Å². The van der Waals surface area contributed by atoms with E-state index >= 15 is 0 Å². The molecule has 20 heavy (non-hydrogen) atoms. The van der Waals surface area contributed by atoms with E-state index in [0.717, 1.165) is 30.9 Å². The van der Waals surface area contributed by atoms with Crippen LogP contribution in [0.3, 0.4) is 0 Å². The zero-order valence-electron chi connectivity index (χ0n) is 12.2. The number of hydrogen-bond acceptors (Lipinski definition) is 4. The van der Waals surface area contributed by atoms with Crippen molar-refractivity contribution in [1.29, 1.82) is 0 Å². The van der Waals surface area contributed by atoms with Gasteiger partial charge in [-0.1, -0.05) is 11.6 Å². The number of methoxy groups -OCH3 is 1. The SMILES string of the molecule is COc1cc(Cl)c(C)cc1NCC(O)CN1CCCC1. The van der Waals surface area contributed by atoms with E-state index in [-0.39, 0.29) is 6.10 Å². The zero-order chi connectivity index (χ0) is 14.5. The first-order valence-corrected chi connectivity index (χ1v) is 7.46. The molecule has 0 bridgehead atoms. The maximum Gasteiger partial charge on any atom is 0.143 e. The first-order chi connectivity index (χ1) is 9.60. The van der Waals surface area contributed by atoms with Crippen LogP contribution >= 0.6 is 11.6 Å². The summed E-state index contributed by atoms with van der Waals surface area (Å²) in [6.07, 6.45) is 2.10. The van der Waals surface area contributed by atoms with Crippen molar-refractivity contribution < 1.29 is 9.84 Å². The van der Waals surface area contributed by atoms with Gasteiger partial charge in [0.2, 0.25) is 0 Å². The van der Waals surface area contributed by atoms with E-state index < -0.39 is 0 Å². The number of halogens is 1. The Hall–Kier alpha value is -0.970. The van der Waals surface area contributed by atoms with Crippen molar-refractivity contribution in [2.24, 2.45) is 0 Å². The molecule has 0 spiro atoms. The largest absolute Gasteiger partial charge is 0.495 e. The van der Waals surface area contributed by atoms with E-state index in [0.29, 0.717) is 17.3 Å². The van der Waals surface area contributed by atoms with Gasteiger partial charge in [-0.15, -0.1) is 0 Å². The van der Waals surface area contributed by atoms with Gasteiger partial charge >= 0.3 is 0 Å². The molecule has 1 saturated heterocycles. The zero-order valence-corrected chi connectivity index (χ0v) is 12.9. The molecule has 1 heterocycles. The lowest BCUT2D eigenvalue weighted by molar-refractivity contribution is 0.135. The van der Waals surface area contributed by atoms with E-state index in [4.69, 9.17) is 16.3 Å². The highest BCUT2D eigenvalue weighted by Gasteiger charge is 2.16. The second-order valence-electron chi connectivity index (χ2n) is 5.34. The number of nitrogens with zero attached hydrogens (tertiary/aromatic N) is 1. The molecule has 0 saturated carbocycles. The summed E-state index contributed by atoms with van der Waals surface area (Å²) in [7, 11) is 1.62. The molecule has 4 nitrogen and oxygen atoms in total. The van der Waals surface area contributed by atoms with Gasteiger partial charge in [-0.3, -0.25) is 0 Å². The van der Waals surface area contributed by atoms with Crippen LogP contribution in [0.2, 0.25) is 5.02 Å². The van der Waals surface area contributed by atoms with Gasteiger partial charge in [-0.25, -0.2) is 0 Å². The number of anilines is 1. The Morgan fingerprint density at radius 2 is 2.10 bits per heavy atom. The summed E-state index contributed by atoms with van der Waals surface area (Å²) in [5, 5.41) is 14.0. The fraction of sp³-hybridized carbons (Fsp3) is 0.600. The van der Waals surface area contributed by atoms with E-state index in [9.17, 15) is 5.11 Å². The third-order valence-electron chi connectivity index (χ3n) is 3.68. The van der Waals surface area contributed by atoms with Crippen LogP contribution in [0, 0.1) is 6.92 Å². The van der Waals surface area contributed by atoms with Crippen molar-refractivity contribution in [3.8, 4) is 5.75 Å². The van der Waals surface area contributed by atoms with Gasteiger partial charge in [0.05, 0.1) is 18.9 Å². The van der Waals surface area contributed by atoms with Crippen molar-refractivity contribution in [3.63, 3.8) is 0 Å². The van der Waals surface area contributed by atoms with E-state index in [1.807, 2.05) is 13.0 Å². The summed E-state index contributed by atoms with van der Waals surface area (Å²) >= 11 is 6.08. The van der Waals surface area contributed by atoms with Crippen molar-refractivity contribution in [2.45, 2.75) is 25.9 Å².